The van der Waals surface area contributed by atoms with Crippen LogP contribution in [0.4, 0.5) is 5.69 Å². The average Bonchev–Trinajstić information content (AvgIpc) is 2.91. The van der Waals surface area contributed by atoms with Crippen molar-refractivity contribution in [1.29, 1.82) is 0 Å². The molecule has 0 fully saturated rings. The maximum Gasteiger partial charge on any atom is 0.0938 e. The van der Waals surface area contributed by atoms with Gasteiger partial charge in [-0.3, -0.25) is 0 Å². The largest absolute Gasteiger partial charge is 0.361 e. The van der Waals surface area contributed by atoms with Gasteiger partial charge in [-0.25, -0.2) is 0 Å². The number of hydrogen-bond acceptors (Lipinski definition) is 2. The second-order valence-corrected chi connectivity index (χ2v) is 5.40. The first-order chi connectivity index (χ1) is 9.79. The van der Waals surface area contributed by atoms with E-state index in [2.05, 4.69) is 83.8 Å². The summed E-state index contributed by atoms with van der Waals surface area (Å²) in [5.41, 5.74) is 1.24. The van der Waals surface area contributed by atoms with Crippen LogP contribution in [-0.4, -0.2) is 18.6 Å². The van der Waals surface area contributed by atoms with Crippen LogP contribution in [0.15, 0.2) is 67.0 Å². The lowest BCUT2D eigenvalue weighted by Gasteiger charge is -2.18. The molecular formula is C18H16N2. The van der Waals surface area contributed by atoms with Gasteiger partial charge in [0.15, 0.2) is 0 Å². The molecule has 0 spiro atoms. The summed E-state index contributed by atoms with van der Waals surface area (Å²) in [5.74, 6) is 0. The van der Waals surface area contributed by atoms with Crippen LogP contribution in [0, 0.1) is 0 Å². The van der Waals surface area contributed by atoms with E-state index in [0.717, 1.165) is 6.67 Å². The van der Waals surface area contributed by atoms with Gasteiger partial charge in [0, 0.05) is 25.1 Å². The van der Waals surface area contributed by atoms with Crippen molar-refractivity contribution >= 4 is 27.2 Å². The fourth-order valence-corrected chi connectivity index (χ4v) is 2.80. The van der Waals surface area contributed by atoms with Crippen molar-refractivity contribution in [3.8, 4) is 0 Å². The van der Waals surface area contributed by atoms with E-state index in [4.69, 9.17) is 0 Å². The molecule has 0 atom stereocenters. The fraction of sp³-hybridized carbons (Fsp3) is 0.111. The first kappa shape index (κ1) is 11.4. The molecule has 2 nitrogen and oxygen atoms in total. The van der Waals surface area contributed by atoms with Crippen LogP contribution in [0.25, 0.3) is 21.5 Å². The zero-order valence-electron chi connectivity index (χ0n) is 11.5. The molecular weight excluding hydrogens is 244 g/mol. The molecule has 3 aromatic rings. The smallest absolute Gasteiger partial charge is 0.0938 e. The Labute approximate surface area is 118 Å². The van der Waals surface area contributed by atoms with Gasteiger partial charge in [-0.05, 0) is 45.8 Å². The average molecular weight is 260 g/mol. The molecule has 1 aliphatic heterocycles. The van der Waals surface area contributed by atoms with Gasteiger partial charge in [0.05, 0.1) is 6.67 Å². The SMILES string of the molecule is CN1C=CN(c2ccc3cc4ccccc4cc3c2)C1. The predicted molar refractivity (Wildman–Crippen MR) is 85.7 cm³/mol. The molecule has 0 bridgehead atoms. The minimum Gasteiger partial charge on any atom is -0.361 e. The zero-order chi connectivity index (χ0) is 13.5. The van der Waals surface area contributed by atoms with Gasteiger partial charge in [0.2, 0.25) is 0 Å². The Kier molecular flexibility index (Phi) is 2.43. The Morgan fingerprint density at radius 2 is 1.45 bits per heavy atom. The van der Waals surface area contributed by atoms with Crippen molar-refractivity contribution in [1.82, 2.24) is 4.90 Å². The molecule has 20 heavy (non-hydrogen) atoms. The van der Waals surface area contributed by atoms with Crippen molar-refractivity contribution in [2.75, 3.05) is 18.6 Å². The molecule has 1 heterocycles. The van der Waals surface area contributed by atoms with Crippen molar-refractivity contribution in [2.24, 2.45) is 0 Å². The summed E-state index contributed by atoms with van der Waals surface area (Å²) in [6, 6.07) is 19.7. The van der Waals surface area contributed by atoms with Crippen molar-refractivity contribution in [3.63, 3.8) is 0 Å². The molecule has 0 saturated heterocycles. The lowest BCUT2D eigenvalue weighted by atomic mass is 10.0. The Balaban J connectivity index is 1.86. The van der Waals surface area contributed by atoms with Crippen molar-refractivity contribution in [3.05, 3.63) is 67.0 Å². The van der Waals surface area contributed by atoms with Gasteiger partial charge in [-0.1, -0.05) is 30.3 Å². The Bertz CT molecular complexity index is 820. The predicted octanol–water partition coefficient (Wildman–Crippen LogP) is 4.17. The number of rotatable bonds is 1. The minimum absolute atomic E-state index is 0.916. The molecule has 0 radical (unpaired) electrons. The highest BCUT2D eigenvalue weighted by atomic mass is 15.3. The van der Waals surface area contributed by atoms with E-state index in [1.54, 1.807) is 0 Å². The maximum absolute atomic E-state index is 2.28. The molecule has 1 aliphatic rings. The van der Waals surface area contributed by atoms with E-state index in [0.29, 0.717) is 0 Å². The molecule has 4 rings (SSSR count). The van der Waals surface area contributed by atoms with Crippen LogP contribution < -0.4 is 4.90 Å². The highest BCUT2D eigenvalue weighted by Crippen LogP contribution is 2.28. The standard InChI is InChI=1S/C18H16N2/c1-19-8-9-20(13-19)18-7-6-16-10-14-4-2-3-5-15(14)11-17(16)12-18/h2-12H,13H2,1H3. The van der Waals surface area contributed by atoms with Crippen LogP contribution in [0.2, 0.25) is 0 Å². The first-order valence-electron chi connectivity index (χ1n) is 6.87. The molecule has 3 aromatic carbocycles. The number of anilines is 1. The van der Waals surface area contributed by atoms with E-state index in [1.165, 1.54) is 27.2 Å². The van der Waals surface area contributed by atoms with Gasteiger partial charge in [-0.2, -0.15) is 0 Å². The van der Waals surface area contributed by atoms with Gasteiger partial charge < -0.3 is 9.80 Å². The highest BCUT2D eigenvalue weighted by Gasteiger charge is 2.10. The molecule has 0 amide bonds. The summed E-state index contributed by atoms with van der Waals surface area (Å²) in [7, 11) is 2.09. The van der Waals surface area contributed by atoms with Crippen LogP contribution in [0.1, 0.15) is 0 Å². The topological polar surface area (TPSA) is 6.48 Å². The maximum atomic E-state index is 2.28. The van der Waals surface area contributed by atoms with Crippen LogP contribution in [0.5, 0.6) is 0 Å². The zero-order valence-corrected chi connectivity index (χ0v) is 11.5. The van der Waals surface area contributed by atoms with Gasteiger partial charge in [0.25, 0.3) is 0 Å². The summed E-state index contributed by atoms with van der Waals surface area (Å²) < 4.78 is 0. The van der Waals surface area contributed by atoms with Crippen LogP contribution in [-0.2, 0) is 0 Å². The molecule has 0 aliphatic carbocycles. The number of fused-ring (bicyclic) bond motifs is 2. The molecule has 0 saturated carbocycles. The second kappa shape index (κ2) is 4.27. The third-order valence-electron chi connectivity index (χ3n) is 3.90. The highest BCUT2D eigenvalue weighted by molar-refractivity contribution is 5.99. The third-order valence-corrected chi connectivity index (χ3v) is 3.90. The summed E-state index contributed by atoms with van der Waals surface area (Å²) in [6.45, 7) is 0.916. The second-order valence-electron chi connectivity index (χ2n) is 5.40. The summed E-state index contributed by atoms with van der Waals surface area (Å²) in [6.07, 6.45) is 4.23. The molecule has 0 unspecified atom stereocenters. The fourth-order valence-electron chi connectivity index (χ4n) is 2.80. The molecule has 98 valence electrons. The number of benzene rings is 3. The Hall–Kier alpha value is -2.48. The van der Waals surface area contributed by atoms with E-state index in [9.17, 15) is 0 Å². The number of nitrogens with zero attached hydrogens (tertiary/aromatic N) is 2. The Morgan fingerprint density at radius 3 is 2.15 bits per heavy atom. The first-order valence-corrected chi connectivity index (χ1v) is 6.87. The van der Waals surface area contributed by atoms with Gasteiger partial charge in [0.1, 0.15) is 0 Å². The minimum atomic E-state index is 0.916. The van der Waals surface area contributed by atoms with E-state index in [1.807, 2.05) is 0 Å². The lowest BCUT2D eigenvalue weighted by molar-refractivity contribution is 0.496. The quantitative estimate of drug-likeness (QED) is 0.606. The van der Waals surface area contributed by atoms with Gasteiger partial charge >= 0.3 is 0 Å². The lowest BCUT2D eigenvalue weighted by Crippen LogP contribution is -2.21. The Morgan fingerprint density at radius 1 is 0.750 bits per heavy atom. The summed E-state index contributed by atoms with van der Waals surface area (Å²) in [4.78, 5) is 4.43. The van der Waals surface area contributed by atoms with E-state index >= 15 is 0 Å². The molecule has 0 aromatic heterocycles. The van der Waals surface area contributed by atoms with E-state index in [-0.39, 0.29) is 0 Å². The normalized spacial score (nSPS) is 14.7. The van der Waals surface area contributed by atoms with Crippen molar-refractivity contribution in [2.45, 2.75) is 0 Å². The summed E-state index contributed by atoms with van der Waals surface area (Å²) >= 11 is 0. The van der Waals surface area contributed by atoms with Crippen LogP contribution in [0.3, 0.4) is 0 Å². The molecule has 2 heteroatoms. The van der Waals surface area contributed by atoms with Crippen LogP contribution >= 0.6 is 0 Å². The van der Waals surface area contributed by atoms with Crippen molar-refractivity contribution < 1.29 is 0 Å². The summed E-state index contributed by atoms with van der Waals surface area (Å²) in [5, 5.41) is 5.19. The number of hydrogen-bond donors (Lipinski definition) is 0. The monoisotopic (exact) mass is 260 g/mol. The van der Waals surface area contributed by atoms with Gasteiger partial charge in [-0.15, -0.1) is 0 Å². The van der Waals surface area contributed by atoms with E-state index < -0.39 is 0 Å². The molecule has 0 N–H and O–H groups in total. The third kappa shape index (κ3) is 1.81.